The van der Waals surface area contributed by atoms with Crippen LogP contribution < -0.4 is 0 Å². The average Bonchev–Trinajstić information content (AvgIpc) is 2.51. The molecule has 2 unspecified atom stereocenters. The lowest BCUT2D eigenvalue weighted by Gasteiger charge is -2.18. The molecule has 0 aliphatic rings. The first-order chi connectivity index (χ1) is 10.2. The number of aliphatic hydroxyl groups is 1. The Hall–Kier alpha value is -0.420. The lowest BCUT2D eigenvalue weighted by atomic mass is 10.2. The van der Waals surface area contributed by atoms with Gasteiger partial charge in [-0.05, 0) is 32.1 Å². The summed E-state index contributed by atoms with van der Waals surface area (Å²) in [6.45, 7) is 10.7. The van der Waals surface area contributed by atoms with E-state index < -0.39 is 0 Å². The van der Waals surface area contributed by atoms with Crippen molar-refractivity contribution in [3.63, 3.8) is 0 Å². The van der Waals surface area contributed by atoms with Gasteiger partial charge in [-0.3, -0.25) is 0 Å². The number of aliphatic hydroxyl groups excluding tert-OH is 1. The number of hydrogen-bond acceptors (Lipinski definition) is 4. The number of unbranched alkanes of at least 4 members (excludes halogenated alkanes) is 3. The van der Waals surface area contributed by atoms with Crippen LogP contribution >= 0.6 is 0 Å². The second-order valence-corrected chi connectivity index (χ2v) is 5.25. The Kier molecular flexibility index (Phi) is 50.0. The Labute approximate surface area is 167 Å². The Bertz CT molecular complexity index is 222. The fourth-order valence-corrected chi connectivity index (χ4v) is 1.75. The van der Waals surface area contributed by atoms with Gasteiger partial charge in [0.15, 0.2) is 0 Å². The van der Waals surface area contributed by atoms with Crippen molar-refractivity contribution < 1.29 is 19.3 Å². The average molecular weight is 383 g/mol. The van der Waals surface area contributed by atoms with E-state index in [-0.39, 0.29) is 49.3 Å². The fourth-order valence-electron chi connectivity index (χ4n) is 1.75. The number of allylic oxidation sites excluding steroid dienone is 1. The van der Waals surface area contributed by atoms with Gasteiger partial charge in [-0.1, -0.05) is 63.5 Å². The molecule has 0 aliphatic heterocycles. The molecule has 0 aromatic heterocycles. The molecule has 0 heterocycles. The lowest BCUT2D eigenvalue weighted by Crippen LogP contribution is -2.25. The van der Waals surface area contributed by atoms with E-state index in [1.807, 2.05) is 13.0 Å². The van der Waals surface area contributed by atoms with Crippen LogP contribution in [0, 0.1) is 0 Å². The van der Waals surface area contributed by atoms with Crippen LogP contribution in [0.2, 0.25) is 0 Å². The van der Waals surface area contributed by atoms with Crippen molar-refractivity contribution in [2.24, 2.45) is 0 Å². The molecule has 26 heavy (non-hydrogen) atoms. The highest BCUT2D eigenvalue weighted by molar-refractivity contribution is 4.65. The minimum atomic E-state index is -0.372. The summed E-state index contributed by atoms with van der Waals surface area (Å²) in [7, 11) is 0. The smallest absolute Gasteiger partial charge is 0.0807 e. The highest BCUT2D eigenvalue weighted by Crippen LogP contribution is 2.02. The summed E-state index contributed by atoms with van der Waals surface area (Å²) in [4.78, 5) is 0. The molecule has 4 heteroatoms. The van der Waals surface area contributed by atoms with Crippen molar-refractivity contribution in [1.29, 1.82) is 0 Å². The summed E-state index contributed by atoms with van der Waals surface area (Å²) >= 11 is 0. The van der Waals surface area contributed by atoms with Gasteiger partial charge in [0.05, 0.1) is 38.6 Å². The molecule has 166 valence electrons. The Morgan fingerprint density at radius 1 is 0.808 bits per heavy atom. The van der Waals surface area contributed by atoms with E-state index in [2.05, 4.69) is 13.5 Å². The third kappa shape index (κ3) is 28.4. The van der Waals surface area contributed by atoms with E-state index in [4.69, 9.17) is 14.2 Å². The fraction of sp³-hybridized carbons (Fsp3) is 0.909. The normalized spacial score (nSPS) is 11.3. The summed E-state index contributed by atoms with van der Waals surface area (Å²) < 4.78 is 16.7. The monoisotopic (exact) mass is 382 g/mol. The SMILES string of the molecule is C.C.C.C.C.C=CCCCCCOCCOCC(CC)OCC(O)CC. The molecular weight excluding hydrogens is 328 g/mol. The predicted molar refractivity (Wildman–Crippen MR) is 120 cm³/mol. The molecular formula is C22H54O4. The van der Waals surface area contributed by atoms with Gasteiger partial charge >= 0.3 is 0 Å². The molecule has 0 radical (unpaired) electrons. The predicted octanol–water partition coefficient (Wildman–Crippen LogP) is 6.51. The van der Waals surface area contributed by atoms with Crippen molar-refractivity contribution >= 4 is 0 Å². The van der Waals surface area contributed by atoms with Crippen LogP contribution in [0.4, 0.5) is 0 Å². The van der Waals surface area contributed by atoms with E-state index >= 15 is 0 Å². The van der Waals surface area contributed by atoms with Crippen LogP contribution in [0.15, 0.2) is 12.7 Å². The summed E-state index contributed by atoms with van der Waals surface area (Å²) in [5, 5.41) is 9.46. The molecule has 0 spiro atoms. The maximum absolute atomic E-state index is 9.46. The summed E-state index contributed by atoms with van der Waals surface area (Å²) in [5.74, 6) is 0. The highest BCUT2D eigenvalue weighted by atomic mass is 16.6. The largest absolute Gasteiger partial charge is 0.391 e. The molecule has 0 bridgehead atoms. The molecule has 2 atom stereocenters. The Morgan fingerprint density at radius 3 is 1.96 bits per heavy atom. The molecule has 0 saturated carbocycles. The summed E-state index contributed by atoms with van der Waals surface area (Å²) in [6.07, 6.45) is 7.84. The molecule has 0 rings (SSSR count). The molecule has 0 saturated heterocycles. The minimum Gasteiger partial charge on any atom is -0.391 e. The molecule has 0 aliphatic carbocycles. The van der Waals surface area contributed by atoms with E-state index in [1.165, 1.54) is 12.8 Å². The van der Waals surface area contributed by atoms with Gasteiger partial charge in [0.1, 0.15) is 0 Å². The molecule has 0 fully saturated rings. The van der Waals surface area contributed by atoms with Crippen molar-refractivity contribution in [2.45, 2.75) is 102 Å². The quantitative estimate of drug-likeness (QED) is 0.244. The van der Waals surface area contributed by atoms with Gasteiger partial charge in [-0.25, -0.2) is 0 Å². The van der Waals surface area contributed by atoms with Crippen LogP contribution in [-0.4, -0.2) is 50.3 Å². The van der Waals surface area contributed by atoms with Crippen LogP contribution in [0.5, 0.6) is 0 Å². The maximum Gasteiger partial charge on any atom is 0.0807 e. The van der Waals surface area contributed by atoms with Gasteiger partial charge in [0, 0.05) is 6.61 Å². The zero-order chi connectivity index (χ0) is 15.8. The van der Waals surface area contributed by atoms with Crippen molar-refractivity contribution in [1.82, 2.24) is 0 Å². The first kappa shape index (κ1) is 40.3. The van der Waals surface area contributed by atoms with Crippen LogP contribution in [-0.2, 0) is 14.2 Å². The van der Waals surface area contributed by atoms with E-state index in [1.54, 1.807) is 0 Å². The third-order valence-electron chi connectivity index (χ3n) is 3.32. The maximum atomic E-state index is 9.46. The van der Waals surface area contributed by atoms with Crippen LogP contribution in [0.1, 0.15) is 89.5 Å². The molecule has 4 nitrogen and oxygen atoms in total. The van der Waals surface area contributed by atoms with Gasteiger partial charge in [-0.15, -0.1) is 6.58 Å². The molecule has 1 N–H and O–H groups in total. The first-order valence-electron chi connectivity index (χ1n) is 8.30. The van der Waals surface area contributed by atoms with E-state index in [0.29, 0.717) is 26.4 Å². The van der Waals surface area contributed by atoms with Crippen LogP contribution in [0.25, 0.3) is 0 Å². The number of ether oxygens (including phenoxy) is 3. The minimum absolute atomic E-state index is 0. The van der Waals surface area contributed by atoms with Crippen LogP contribution in [0.3, 0.4) is 0 Å². The number of rotatable bonds is 16. The molecule has 0 aromatic carbocycles. The summed E-state index contributed by atoms with van der Waals surface area (Å²) in [6, 6.07) is 0. The van der Waals surface area contributed by atoms with Crippen molar-refractivity contribution in [3.05, 3.63) is 12.7 Å². The topological polar surface area (TPSA) is 47.9 Å². The van der Waals surface area contributed by atoms with Gasteiger partial charge in [0.2, 0.25) is 0 Å². The van der Waals surface area contributed by atoms with Crippen molar-refractivity contribution in [2.75, 3.05) is 33.0 Å². The second kappa shape index (κ2) is 32.3. The summed E-state index contributed by atoms with van der Waals surface area (Å²) in [5.41, 5.74) is 0. The molecule has 0 aromatic rings. The van der Waals surface area contributed by atoms with E-state index in [0.717, 1.165) is 32.3 Å². The zero-order valence-electron chi connectivity index (χ0n) is 13.9. The van der Waals surface area contributed by atoms with Gasteiger partial charge < -0.3 is 19.3 Å². The van der Waals surface area contributed by atoms with Gasteiger partial charge in [-0.2, -0.15) is 0 Å². The van der Waals surface area contributed by atoms with Crippen molar-refractivity contribution in [3.8, 4) is 0 Å². The lowest BCUT2D eigenvalue weighted by molar-refractivity contribution is -0.0578. The third-order valence-corrected chi connectivity index (χ3v) is 3.32. The molecule has 0 amide bonds. The standard InChI is InChI=1S/C17H34O4.5CH4/c1-4-7-8-9-10-11-19-12-13-20-15-17(6-3)21-14-16(18)5-2;;;;;/h4,16-18H,1,5-15H2,2-3H3;5*1H4. The zero-order valence-corrected chi connectivity index (χ0v) is 13.9. The first-order valence-corrected chi connectivity index (χ1v) is 8.30. The Balaban J connectivity index is -0.000000200. The highest BCUT2D eigenvalue weighted by Gasteiger charge is 2.09. The Morgan fingerprint density at radius 2 is 1.42 bits per heavy atom. The van der Waals surface area contributed by atoms with E-state index in [9.17, 15) is 5.11 Å². The number of hydrogen-bond donors (Lipinski definition) is 1. The van der Waals surface area contributed by atoms with Gasteiger partial charge in [0.25, 0.3) is 0 Å². The second-order valence-electron chi connectivity index (χ2n) is 5.25.